The molecule has 0 atom stereocenters. The number of aromatic nitrogens is 4. The Kier molecular flexibility index (Phi) is 4.39. The second kappa shape index (κ2) is 7.40. The zero-order chi connectivity index (χ0) is 23.0. The Morgan fingerprint density at radius 3 is 2.59 bits per heavy atom. The SMILES string of the molecule is O=c1cc(CSc2nc(C3CC3)nc3c2c(=O)[nH]c(=O)n3C2CC2)c2cc3c(cc2o1)CCC3. The van der Waals surface area contributed by atoms with Crippen molar-refractivity contribution in [3.8, 4) is 0 Å². The minimum atomic E-state index is -0.461. The third-order valence-electron chi connectivity index (χ3n) is 7.03. The maximum atomic E-state index is 12.9. The predicted molar refractivity (Wildman–Crippen MR) is 129 cm³/mol. The lowest BCUT2D eigenvalue weighted by atomic mass is 10.0. The highest BCUT2D eigenvalue weighted by Gasteiger charge is 2.32. The number of H-pyrrole nitrogens is 1. The largest absolute Gasteiger partial charge is 0.423 e. The number of nitrogens with one attached hydrogen (secondary N) is 1. The lowest BCUT2D eigenvalue weighted by Gasteiger charge is -2.12. The van der Waals surface area contributed by atoms with Crippen molar-refractivity contribution in [1.29, 1.82) is 0 Å². The lowest BCUT2D eigenvalue weighted by molar-refractivity contribution is 0.559. The van der Waals surface area contributed by atoms with E-state index in [1.54, 1.807) is 4.57 Å². The fourth-order valence-corrected chi connectivity index (χ4v) is 6.01. The van der Waals surface area contributed by atoms with Gasteiger partial charge in [0, 0.05) is 29.2 Å². The number of nitrogens with zero attached hydrogens (tertiary/aromatic N) is 3. The zero-order valence-corrected chi connectivity index (χ0v) is 19.2. The van der Waals surface area contributed by atoms with Crippen LogP contribution in [0.25, 0.3) is 22.0 Å². The molecule has 3 heterocycles. The van der Waals surface area contributed by atoms with Gasteiger partial charge in [0.1, 0.15) is 21.8 Å². The van der Waals surface area contributed by atoms with E-state index in [2.05, 4.69) is 11.1 Å². The van der Waals surface area contributed by atoms with Crippen LogP contribution < -0.4 is 16.9 Å². The van der Waals surface area contributed by atoms with E-state index in [-0.39, 0.29) is 17.6 Å². The Hall–Kier alpha value is -3.20. The Balaban J connectivity index is 1.36. The number of benzene rings is 1. The summed E-state index contributed by atoms with van der Waals surface area (Å²) in [6.45, 7) is 0. The van der Waals surface area contributed by atoms with Gasteiger partial charge in [-0.3, -0.25) is 14.3 Å². The normalized spacial score (nSPS) is 17.5. The molecule has 2 fully saturated rings. The van der Waals surface area contributed by atoms with Gasteiger partial charge >= 0.3 is 11.3 Å². The first-order valence-corrected chi connectivity index (χ1v) is 12.8. The van der Waals surface area contributed by atoms with Crippen molar-refractivity contribution < 1.29 is 4.42 Å². The molecule has 9 heteroatoms. The molecule has 0 radical (unpaired) electrons. The minimum absolute atomic E-state index is 0.0800. The van der Waals surface area contributed by atoms with Crippen molar-refractivity contribution in [1.82, 2.24) is 19.5 Å². The van der Waals surface area contributed by atoms with Crippen LogP contribution in [0, 0.1) is 0 Å². The number of fused-ring (bicyclic) bond motifs is 3. The molecule has 7 rings (SSSR count). The number of hydrogen-bond donors (Lipinski definition) is 1. The average Bonchev–Trinajstić information content (AvgIpc) is 3.73. The van der Waals surface area contributed by atoms with Gasteiger partial charge in [-0.25, -0.2) is 19.6 Å². The topological polar surface area (TPSA) is 111 Å². The van der Waals surface area contributed by atoms with Crippen LogP contribution in [0.4, 0.5) is 0 Å². The summed E-state index contributed by atoms with van der Waals surface area (Å²) in [6, 6.07) is 5.75. The van der Waals surface area contributed by atoms with Crippen LogP contribution in [0.2, 0.25) is 0 Å². The highest BCUT2D eigenvalue weighted by Crippen LogP contribution is 2.41. The number of aryl methyl sites for hydroxylation is 2. The van der Waals surface area contributed by atoms with Gasteiger partial charge in [-0.05, 0) is 73.8 Å². The van der Waals surface area contributed by atoms with Gasteiger partial charge in [0.2, 0.25) is 0 Å². The lowest BCUT2D eigenvalue weighted by Crippen LogP contribution is -2.31. The molecular formula is C25H22N4O4S. The molecule has 8 nitrogen and oxygen atoms in total. The van der Waals surface area contributed by atoms with E-state index in [9.17, 15) is 14.4 Å². The van der Waals surface area contributed by atoms with Crippen molar-refractivity contribution in [3.05, 3.63) is 72.0 Å². The molecule has 172 valence electrons. The summed E-state index contributed by atoms with van der Waals surface area (Å²) in [4.78, 5) is 49.7. The van der Waals surface area contributed by atoms with Crippen LogP contribution in [-0.4, -0.2) is 19.5 Å². The van der Waals surface area contributed by atoms with Crippen LogP contribution in [0.3, 0.4) is 0 Å². The molecule has 3 aromatic heterocycles. The monoisotopic (exact) mass is 474 g/mol. The van der Waals surface area contributed by atoms with E-state index in [1.165, 1.54) is 29.0 Å². The van der Waals surface area contributed by atoms with Crippen molar-refractivity contribution in [2.75, 3.05) is 0 Å². The second-order valence-electron chi connectivity index (χ2n) is 9.57. The van der Waals surface area contributed by atoms with E-state index in [1.807, 2.05) is 6.07 Å². The molecule has 0 aliphatic heterocycles. The Morgan fingerprint density at radius 2 is 1.82 bits per heavy atom. The average molecular weight is 475 g/mol. The third-order valence-corrected chi connectivity index (χ3v) is 8.05. The van der Waals surface area contributed by atoms with Gasteiger partial charge in [-0.1, -0.05) is 0 Å². The molecule has 34 heavy (non-hydrogen) atoms. The number of thioether (sulfide) groups is 1. The summed E-state index contributed by atoms with van der Waals surface area (Å²) in [5, 5.41) is 1.84. The molecule has 0 amide bonds. The Morgan fingerprint density at radius 1 is 1.03 bits per heavy atom. The standard InChI is InChI=1S/C25H22N4O4S/c30-19-10-15(17-8-13-2-1-3-14(13)9-18(17)33-19)11-34-24-20-22(26-21(27-24)12-4-5-12)29(16-6-7-16)25(32)28-23(20)31/h8-10,12,16H,1-7,11H2,(H,28,31,32). The summed E-state index contributed by atoms with van der Waals surface area (Å²) in [5.41, 5.74) is 3.21. The highest BCUT2D eigenvalue weighted by molar-refractivity contribution is 7.98. The van der Waals surface area contributed by atoms with Crippen molar-refractivity contribution >= 4 is 33.8 Å². The summed E-state index contributed by atoms with van der Waals surface area (Å²) in [6.07, 6.45) is 7.00. The van der Waals surface area contributed by atoms with E-state index in [0.717, 1.165) is 55.9 Å². The molecule has 4 aromatic rings. The van der Waals surface area contributed by atoms with Crippen molar-refractivity contribution in [2.45, 2.75) is 67.7 Å². The molecule has 0 saturated heterocycles. The van der Waals surface area contributed by atoms with Gasteiger partial charge in [0.25, 0.3) is 5.56 Å². The first-order valence-electron chi connectivity index (χ1n) is 11.8. The summed E-state index contributed by atoms with van der Waals surface area (Å²) in [5.74, 6) is 1.43. The summed E-state index contributed by atoms with van der Waals surface area (Å²) >= 11 is 1.41. The van der Waals surface area contributed by atoms with Crippen molar-refractivity contribution in [2.24, 2.45) is 0 Å². The maximum Gasteiger partial charge on any atom is 0.336 e. The molecule has 3 aliphatic rings. The van der Waals surface area contributed by atoms with Gasteiger partial charge in [-0.15, -0.1) is 11.8 Å². The minimum Gasteiger partial charge on any atom is -0.423 e. The predicted octanol–water partition coefficient (Wildman–Crippen LogP) is 3.58. The van der Waals surface area contributed by atoms with E-state index < -0.39 is 11.2 Å². The quantitative estimate of drug-likeness (QED) is 0.267. The Labute approximate surface area is 197 Å². The summed E-state index contributed by atoms with van der Waals surface area (Å²) in [7, 11) is 0. The first-order chi connectivity index (χ1) is 16.5. The molecule has 1 N–H and O–H groups in total. The first kappa shape index (κ1) is 20.2. The molecular weight excluding hydrogens is 452 g/mol. The number of aromatic amines is 1. The van der Waals surface area contributed by atoms with Crippen LogP contribution in [0.5, 0.6) is 0 Å². The fraction of sp³-hybridized carbons (Fsp3) is 0.400. The van der Waals surface area contributed by atoms with Crippen LogP contribution in [-0.2, 0) is 18.6 Å². The summed E-state index contributed by atoms with van der Waals surface area (Å²) < 4.78 is 7.14. The van der Waals surface area contributed by atoms with Gasteiger partial charge in [0.15, 0.2) is 5.65 Å². The van der Waals surface area contributed by atoms with Crippen LogP contribution in [0.15, 0.2) is 42.0 Å². The molecule has 3 aliphatic carbocycles. The molecule has 1 aromatic carbocycles. The van der Waals surface area contributed by atoms with Crippen molar-refractivity contribution in [3.63, 3.8) is 0 Å². The third kappa shape index (κ3) is 3.33. The van der Waals surface area contributed by atoms with Gasteiger partial charge in [0.05, 0.1) is 0 Å². The number of rotatable bonds is 5. The fourth-order valence-electron chi connectivity index (χ4n) is 4.99. The highest BCUT2D eigenvalue weighted by atomic mass is 32.2. The molecule has 2 saturated carbocycles. The van der Waals surface area contributed by atoms with E-state index >= 15 is 0 Å². The smallest absolute Gasteiger partial charge is 0.336 e. The molecule has 0 unspecified atom stereocenters. The van der Waals surface area contributed by atoms with Gasteiger partial charge in [-0.2, -0.15) is 0 Å². The maximum absolute atomic E-state index is 12.9. The van der Waals surface area contributed by atoms with Gasteiger partial charge < -0.3 is 4.42 Å². The second-order valence-corrected chi connectivity index (χ2v) is 10.5. The molecule has 0 spiro atoms. The van der Waals surface area contributed by atoms with Crippen LogP contribution >= 0.6 is 11.8 Å². The molecule has 0 bridgehead atoms. The number of hydrogen-bond acceptors (Lipinski definition) is 7. The van der Waals surface area contributed by atoms with Crippen LogP contribution in [0.1, 0.15) is 66.6 Å². The zero-order valence-electron chi connectivity index (χ0n) is 18.4. The van der Waals surface area contributed by atoms with E-state index in [0.29, 0.717) is 33.2 Å². The van der Waals surface area contributed by atoms with E-state index in [4.69, 9.17) is 14.4 Å². The Bertz CT molecular complexity index is 1680.